The summed E-state index contributed by atoms with van der Waals surface area (Å²) >= 11 is 0. The number of aliphatic imine (C=N–C) groups is 1. The molecule has 2 aromatic heterocycles. The molecule has 4 heterocycles. The largest absolute Gasteiger partial charge is 0.471 e. The zero-order chi connectivity index (χ0) is 20.5. The highest BCUT2D eigenvalue weighted by molar-refractivity contribution is 5.96. The maximum atomic E-state index is 6.06. The summed E-state index contributed by atoms with van der Waals surface area (Å²) in [5.41, 5.74) is 4.28. The highest BCUT2D eigenvalue weighted by Crippen LogP contribution is 2.30. The van der Waals surface area contributed by atoms with Gasteiger partial charge < -0.3 is 9.64 Å². The summed E-state index contributed by atoms with van der Waals surface area (Å²) in [5.74, 6) is 1.65. The molecule has 0 N–H and O–H groups in total. The topological polar surface area (TPSA) is 60.5 Å². The minimum Gasteiger partial charge on any atom is -0.471 e. The molecule has 0 amide bonds. The third kappa shape index (κ3) is 3.54. The van der Waals surface area contributed by atoms with E-state index in [0.717, 1.165) is 35.6 Å². The fraction of sp³-hybridized carbons (Fsp3) is 0.261. The van der Waals surface area contributed by atoms with Crippen molar-refractivity contribution in [2.75, 3.05) is 6.54 Å². The van der Waals surface area contributed by atoms with Gasteiger partial charge in [-0.1, -0.05) is 30.3 Å². The lowest BCUT2D eigenvalue weighted by molar-refractivity contribution is 0.292. The van der Waals surface area contributed by atoms with Crippen molar-refractivity contribution in [1.82, 2.24) is 24.5 Å². The number of hydrogen-bond acceptors (Lipinski definition) is 5. The van der Waals surface area contributed by atoms with Crippen LogP contribution < -0.4 is 4.74 Å². The van der Waals surface area contributed by atoms with Crippen LogP contribution in [-0.2, 0) is 20.2 Å². The summed E-state index contributed by atoms with van der Waals surface area (Å²) < 4.78 is 9.73. The van der Waals surface area contributed by atoms with Gasteiger partial charge in [-0.2, -0.15) is 5.10 Å². The van der Waals surface area contributed by atoms with E-state index >= 15 is 0 Å². The number of amidine groups is 1. The number of fused-ring (bicyclic) bond motifs is 1. The summed E-state index contributed by atoms with van der Waals surface area (Å²) in [4.78, 5) is 7.00. The van der Waals surface area contributed by atoms with Gasteiger partial charge in [0.2, 0.25) is 5.88 Å². The van der Waals surface area contributed by atoms with Crippen molar-refractivity contribution in [3.05, 3.63) is 78.4 Å². The van der Waals surface area contributed by atoms with Crippen molar-refractivity contribution < 1.29 is 4.74 Å². The molecule has 152 valence electrons. The number of aryl methyl sites for hydroxylation is 2. The lowest BCUT2D eigenvalue weighted by Gasteiger charge is -2.16. The average Bonchev–Trinajstić information content (AvgIpc) is 3.50. The molecule has 1 aromatic carbocycles. The van der Waals surface area contributed by atoms with Crippen molar-refractivity contribution in [2.24, 2.45) is 12.0 Å². The number of rotatable bonds is 6. The zero-order valence-corrected chi connectivity index (χ0v) is 17.1. The SMILES string of the molecule is CCn1cc(-c2cn(C)nc2OCc2ccc(C3CN4C=CC=CC4=N3)cc2)cn1. The molecule has 2 aliphatic heterocycles. The first-order chi connectivity index (χ1) is 14.7. The molecule has 0 bridgehead atoms. The van der Waals surface area contributed by atoms with E-state index in [1.165, 1.54) is 5.56 Å². The Bertz CT molecular complexity index is 1130. The van der Waals surface area contributed by atoms with Crippen LogP contribution in [0.15, 0.2) is 72.3 Å². The Morgan fingerprint density at radius 2 is 2.00 bits per heavy atom. The molecular weight excluding hydrogens is 376 g/mol. The number of benzene rings is 1. The van der Waals surface area contributed by atoms with Crippen molar-refractivity contribution in [2.45, 2.75) is 26.1 Å². The quantitative estimate of drug-likeness (QED) is 0.633. The lowest BCUT2D eigenvalue weighted by atomic mass is 10.1. The van der Waals surface area contributed by atoms with Gasteiger partial charge in [-0.15, -0.1) is 5.10 Å². The number of aromatic nitrogens is 4. The third-order valence-corrected chi connectivity index (χ3v) is 5.38. The smallest absolute Gasteiger partial charge is 0.241 e. The predicted molar refractivity (Wildman–Crippen MR) is 116 cm³/mol. The highest BCUT2D eigenvalue weighted by Gasteiger charge is 2.24. The van der Waals surface area contributed by atoms with Crippen LogP contribution in [-0.4, -0.2) is 36.8 Å². The van der Waals surface area contributed by atoms with Crippen LogP contribution in [0.25, 0.3) is 11.1 Å². The second kappa shape index (κ2) is 7.67. The summed E-state index contributed by atoms with van der Waals surface area (Å²) in [6.45, 7) is 4.24. The lowest BCUT2D eigenvalue weighted by Crippen LogP contribution is -2.21. The Labute approximate surface area is 175 Å². The maximum Gasteiger partial charge on any atom is 0.241 e. The van der Waals surface area contributed by atoms with Crippen LogP contribution in [0.1, 0.15) is 24.1 Å². The van der Waals surface area contributed by atoms with Crippen LogP contribution in [0.2, 0.25) is 0 Å². The molecular formula is C23H24N6O. The van der Waals surface area contributed by atoms with E-state index in [2.05, 4.69) is 58.6 Å². The fourth-order valence-electron chi connectivity index (χ4n) is 3.74. The average molecular weight is 400 g/mol. The van der Waals surface area contributed by atoms with Gasteiger partial charge in [0, 0.05) is 37.7 Å². The molecule has 0 spiro atoms. The molecule has 0 radical (unpaired) electrons. The van der Waals surface area contributed by atoms with E-state index < -0.39 is 0 Å². The van der Waals surface area contributed by atoms with Crippen molar-refractivity contribution in [1.29, 1.82) is 0 Å². The summed E-state index contributed by atoms with van der Waals surface area (Å²) in [7, 11) is 1.90. The molecule has 7 nitrogen and oxygen atoms in total. The molecule has 0 saturated heterocycles. The van der Waals surface area contributed by atoms with Crippen LogP contribution >= 0.6 is 0 Å². The minimum absolute atomic E-state index is 0.167. The van der Waals surface area contributed by atoms with E-state index in [9.17, 15) is 0 Å². The monoisotopic (exact) mass is 400 g/mol. The number of nitrogens with zero attached hydrogens (tertiary/aromatic N) is 6. The minimum atomic E-state index is 0.167. The van der Waals surface area contributed by atoms with Gasteiger partial charge in [0.05, 0.1) is 24.3 Å². The summed E-state index contributed by atoms with van der Waals surface area (Å²) in [6, 6.07) is 8.67. The second-order valence-electron chi connectivity index (χ2n) is 7.49. The molecule has 2 aliphatic rings. The van der Waals surface area contributed by atoms with E-state index in [0.29, 0.717) is 12.5 Å². The number of hydrogen-bond donors (Lipinski definition) is 0. The Morgan fingerprint density at radius 3 is 2.77 bits per heavy atom. The zero-order valence-electron chi connectivity index (χ0n) is 17.1. The van der Waals surface area contributed by atoms with Crippen LogP contribution in [0.3, 0.4) is 0 Å². The van der Waals surface area contributed by atoms with Crippen LogP contribution in [0, 0.1) is 0 Å². The van der Waals surface area contributed by atoms with Gasteiger partial charge in [0.25, 0.3) is 0 Å². The Balaban J connectivity index is 1.27. The van der Waals surface area contributed by atoms with Crippen molar-refractivity contribution >= 4 is 5.84 Å². The Kier molecular flexibility index (Phi) is 4.71. The van der Waals surface area contributed by atoms with Gasteiger partial charge in [0.15, 0.2) is 0 Å². The molecule has 30 heavy (non-hydrogen) atoms. The molecule has 3 aromatic rings. The molecule has 0 aliphatic carbocycles. The van der Waals surface area contributed by atoms with E-state index in [1.807, 2.05) is 42.5 Å². The first-order valence-electron chi connectivity index (χ1n) is 10.2. The van der Waals surface area contributed by atoms with E-state index in [1.54, 1.807) is 4.68 Å². The molecule has 0 saturated carbocycles. The standard InChI is InChI=1S/C23H24N6O/c1-3-29-13-19(12-24-29)20-14-27(2)26-23(20)30-16-17-7-9-18(10-8-17)21-15-28-11-5-4-6-22(28)25-21/h4-14,21H,3,15-16H2,1-2H3. The molecule has 1 atom stereocenters. The first kappa shape index (κ1) is 18.4. The van der Waals surface area contributed by atoms with Gasteiger partial charge in [0.1, 0.15) is 12.4 Å². The molecule has 1 unspecified atom stereocenters. The van der Waals surface area contributed by atoms with Crippen LogP contribution in [0.5, 0.6) is 5.88 Å². The normalized spacial score (nSPS) is 17.3. The van der Waals surface area contributed by atoms with E-state index in [4.69, 9.17) is 9.73 Å². The molecule has 0 fully saturated rings. The van der Waals surface area contributed by atoms with Crippen molar-refractivity contribution in [3.63, 3.8) is 0 Å². The Hall–Kier alpha value is -3.61. The van der Waals surface area contributed by atoms with Gasteiger partial charge in [-0.05, 0) is 30.2 Å². The van der Waals surface area contributed by atoms with Gasteiger partial charge in [-0.3, -0.25) is 14.4 Å². The Morgan fingerprint density at radius 1 is 1.13 bits per heavy atom. The third-order valence-electron chi connectivity index (χ3n) is 5.38. The van der Waals surface area contributed by atoms with Crippen LogP contribution in [0.4, 0.5) is 0 Å². The predicted octanol–water partition coefficient (Wildman–Crippen LogP) is 3.72. The molecule has 7 heteroatoms. The van der Waals surface area contributed by atoms with Crippen molar-refractivity contribution in [3.8, 4) is 17.0 Å². The molecule has 5 rings (SSSR count). The fourth-order valence-corrected chi connectivity index (χ4v) is 3.74. The number of ether oxygens (including phenoxy) is 1. The maximum absolute atomic E-state index is 6.06. The first-order valence-corrected chi connectivity index (χ1v) is 10.2. The van der Waals surface area contributed by atoms with Gasteiger partial charge >= 0.3 is 0 Å². The number of allylic oxidation sites excluding steroid dienone is 2. The summed E-state index contributed by atoms with van der Waals surface area (Å²) in [5, 5.41) is 8.84. The van der Waals surface area contributed by atoms with Gasteiger partial charge in [-0.25, -0.2) is 0 Å². The van der Waals surface area contributed by atoms with E-state index in [-0.39, 0.29) is 6.04 Å². The summed E-state index contributed by atoms with van der Waals surface area (Å²) in [6.07, 6.45) is 14.0. The second-order valence-corrected chi connectivity index (χ2v) is 7.49. The highest BCUT2D eigenvalue weighted by atomic mass is 16.5.